The number of anilines is 1. The first kappa shape index (κ1) is 27.8. The lowest BCUT2D eigenvalue weighted by Crippen LogP contribution is -2.48. The number of likely N-dealkylation sites (N-methyl/N-ethyl adjacent to an activating group) is 1. The van der Waals surface area contributed by atoms with E-state index in [0.29, 0.717) is 33.3 Å². The molecule has 0 spiro atoms. The van der Waals surface area contributed by atoms with Crippen molar-refractivity contribution in [2.45, 2.75) is 52.6 Å². The number of sulfone groups is 1. The van der Waals surface area contributed by atoms with Crippen LogP contribution >= 0.6 is 24.0 Å². The Morgan fingerprint density at radius 1 is 1.19 bits per heavy atom. The van der Waals surface area contributed by atoms with Gasteiger partial charge in [-0.2, -0.15) is 5.26 Å². The van der Waals surface area contributed by atoms with Crippen molar-refractivity contribution < 1.29 is 13.2 Å². The molecule has 1 atom stereocenters. The molecule has 3 saturated heterocycles. The van der Waals surface area contributed by atoms with E-state index in [9.17, 15) is 23.3 Å². The summed E-state index contributed by atoms with van der Waals surface area (Å²) in [5.74, 6) is 0.385. The second-order valence-electron chi connectivity index (χ2n) is 9.69. The number of nitrogens with zero attached hydrogens (tertiary/aromatic N) is 5. The molecule has 1 aromatic heterocycles. The third-order valence-corrected chi connectivity index (χ3v) is 10.5. The summed E-state index contributed by atoms with van der Waals surface area (Å²) >= 11 is 6.65. The van der Waals surface area contributed by atoms with Gasteiger partial charge in [-0.15, -0.1) is 0 Å². The summed E-state index contributed by atoms with van der Waals surface area (Å²) in [5, 5.41) is 9.87. The number of piperazine rings is 1. The highest BCUT2D eigenvalue weighted by Gasteiger charge is 2.42. The lowest BCUT2D eigenvalue weighted by Gasteiger charge is -2.37. The number of carbonyl (C=O) groups is 1. The highest BCUT2D eigenvalue weighted by Crippen LogP contribution is 2.38. The van der Waals surface area contributed by atoms with Gasteiger partial charge in [-0.05, 0) is 37.9 Å². The van der Waals surface area contributed by atoms with Crippen LogP contribution in [-0.2, 0) is 21.2 Å². The number of thioether (sulfide) groups is 1. The van der Waals surface area contributed by atoms with E-state index in [-0.39, 0.29) is 28.5 Å². The first-order valence-corrected chi connectivity index (χ1v) is 15.8. The summed E-state index contributed by atoms with van der Waals surface area (Å²) in [6.07, 6.45) is 3.80. The molecule has 3 fully saturated rings. The molecule has 4 rings (SSSR count). The Kier molecular flexibility index (Phi) is 8.48. The third kappa shape index (κ3) is 5.50. The molecule has 3 aliphatic rings. The number of carbonyl (C=O) groups excluding carboxylic acids is 1. The molecule has 200 valence electrons. The van der Waals surface area contributed by atoms with Crippen molar-refractivity contribution in [1.82, 2.24) is 14.4 Å². The van der Waals surface area contributed by atoms with E-state index in [1.54, 1.807) is 17.6 Å². The molecule has 0 N–H and O–H groups in total. The molecule has 1 amide bonds. The molecule has 37 heavy (non-hydrogen) atoms. The van der Waals surface area contributed by atoms with Gasteiger partial charge in [0.15, 0.2) is 9.84 Å². The van der Waals surface area contributed by atoms with Crippen LogP contribution < -0.4 is 10.5 Å². The van der Waals surface area contributed by atoms with Crippen LogP contribution in [0.15, 0.2) is 9.70 Å². The molecule has 0 aliphatic carbocycles. The number of nitriles is 1. The normalized spacial score (nSPS) is 23.3. The molecular formula is C25H33N5O4S3. The lowest BCUT2D eigenvalue weighted by atomic mass is 10.0. The van der Waals surface area contributed by atoms with Gasteiger partial charge in [0.25, 0.3) is 11.5 Å². The molecule has 0 bridgehead atoms. The van der Waals surface area contributed by atoms with Gasteiger partial charge in [0.2, 0.25) is 0 Å². The highest BCUT2D eigenvalue weighted by molar-refractivity contribution is 8.26. The summed E-state index contributed by atoms with van der Waals surface area (Å²) in [6.45, 7) is 10.5. The largest absolute Gasteiger partial charge is 0.355 e. The fraction of sp³-hybridized carbons (Fsp3) is 0.600. The average Bonchev–Trinajstić information content (AvgIpc) is 3.36. The van der Waals surface area contributed by atoms with E-state index >= 15 is 0 Å². The van der Waals surface area contributed by atoms with Gasteiger partial charge >= 0.3 is 0 Å². The summed E-state index contributed by atoms with van der Waals surface area (Å²) in [7, 11) is -3.19. The van der Waals surface area contributed by atoms with Crippen LogP contribution in [0.3, 0.4) is 0 Å². The van der Waals surface area contributed by atoms with Crippen LogP contribution in [-0.4, -0.2) is 83.3 Å². The van der Waals surface area contributed by atoms with Gasteiger partial charge in [-0.1, -0.05) is 44.2 Å². The molecule has 1 unspecified atom stereocenters. The molecular weight excluding hydrogens is 531 g/mol. The molecule has 12 heteroatoms. The summed E-state index contributed by atoms with van der Waals surface area (Å²) in [4.78, 5) is 33.3. The van der Waals surface area contributed by atoms with Gasteiger partial charge < -0.3 is 9.80 Å². The number of hydrogen-bond donors (Lipinski definition) is 0. The Morgan fingerprint density at radius 3 is 2.46 bits per heavy atom. The zero-order valence-corrected chi connectivity index (χ0v) is 24.0. The zero-order chi connectivity index (χ0) is 26.9. The molecule has 9 nitrogen and oxygen atoms in total. The van der Waals surface area contributed by atoms with Gasteiger partial charge in [0.1, 0.15) is 21.8 Å². The number of thiocarbonyl (C=S) groups is 1. The van der Waals surface area contributed by atoms with Crippen molar-refractivity contribution in [3.63, 3.8) is 0 Å². The monoisotopic (exact) mass is 563 g/mol. The predicted molar refractivity (Wildman–Crippen MR) is 151 cm³/mol. The van der Waals surface area contributed by atoms with Crippen molar-refractivity contribution >= 4 is 55.9 Å². The van der Waals surface area contributed by atoms with Gasteiger partial charge in [0.05, 0.1) is 22.5 Å². The third-order valence-electron chi connectivity index (χ3n) is 7.37. The molecule has 0 aromatic carbocycles. The van der Waals surface area contributed by atoms with Gasteiger partial charge in [-0.25, -0.2) is 8.42 Å². The SMILES string of the molecule is CCCCn1c(N2CCN(CC)CC2)c(/C=C2/SC(=S)N(C3CCS(=O)(=O)C3)C2=O)c(C)c(C#N)c1=O. The summed E-state index contributed by atoms with van der Waals surface area (Å²) in [5.41, 5.74) is 0.997. The van der Waals surface area contributed by atoms with E-state index < -0.39 is 15.9 Å². The molecule has 1 aromatic rings. The van der Waals surface area contributed by atoms with E-state index in [0.717, 1.165) is 63.1 Å². The Bertz CT molecular complexity index is 1340. The standard InChI is InChI=1S/C25H33N5O4S3/c1-4-6-8-29-22(28-11-9-27(5-2)10-12-28)19(17(3)20(15-26)23(29)31)14-21-24(32)30(25(35)36-21)18-7-13-37(33,34)16-18/h14,18H,4-13,16H2,1-3H3/b21-14+. The van der Waals surface area contributed by atoms with Crippen LogP contribution in [0.1, 0.15) is 49.8 Å². The predicted octanol–water partition coefficient (Wildman–Crippen LogP) is 2.36. The maximum absolute atomic E-state index is 13.5. The van der Waals surface area contributed by atoms with E-state index in [1.165, 1.54) is 4.90 Å². The highest BCUT2D eigenvalue weighted by atomic mass is 32.2. The number of aromatic nitrogens is 1. The van der Waals surface area contributed by atoms with Crippen LogP contribution in [0.4, 0.5) is 5.82 Å². The Labute approximate surface area is 228 Å². The number of unbranched alkanes of at least 4 members (excludes halogenated alkanes) is 1. The average molecular weight is 564 g/mol. The van der Waals surface area contributed by atoms with Crippen LogP contribution in [0.25, 0.3) is 6.08 Å². The van der Waals surface area contributed by atoms with Crippen molar-refractivity contribution in [2.75, 3.05) is 49.1 Å². The molecule has 4 heterocycles. The van der Waals surface area contributed by atoms with E-state index in [2.05, 4.69) is 29.7 Å². The minimum atomic E-state index is -3.19. The number of pyridine rings is 1. The fourth-order valence-electron chi connectivity index (χ4n) is 5.19. The van der Waals surface area contributed by atoms with E-state index in [1.807, 2.05) is 0 Å². The van der Waals surface area contributed by atoms with Crippen molar-refractivity contribution in [2.24, 2.45) is 0 Å². The molecule has 3 aliphatic heterocycles. The second kappa shape index (κ2) is 11.3. The maximum Gasteiger partial charge on any atom is 0.270 e. The molecule has 0 saturated carbocycles. The van der Waals surface area contributed by atoms with Gasteiger partial charge in [0, 0.05) is 38.3 Å². The number of hydrogen-bond acceptors (Lipinski definition) is 9. The summed E-state index contributed by atoms with van der Waals surface area (Å²) in [6, 6.07) is 1.63. The Hall–Kier alpha value is -2.20. The zero-order valence-electron chi connectivity index (χ0n) is 21.5. The maximum atomic E-state index is 13.5. The van der Waals surface area contributed by atoms with Crippen LogP contribution in [0, 0.1) is 18.3 Å². The fourth-order valence-corrected chi connectivity index (χ4v) is 8.27. The topological polar surface area (TPSA) is 107 Å². The minimum Gasteiger partial charge on any atom is -0.355 e. The summed E-state index contributed by atoms with van der Waals surface area (Å²) < 4.78 is 26.1. The van der Waals surface area contributed by atoms with Crippen molar-refractivity contribution in [1.29, 1.82) is 5.26 Å². The first-order chi connectivity index (χ1) is 17.6. The minimum absolute atomic E-state index is 0.0503. The van der Waals surface area contributed by atoms with Crippen LogP contribution in [0.5, 0.6) is 0 Å². The lowest BCUT2D eigenvalue weighted by molar-refractivity contribution is -0.123. The van der Waals surface area contributed by atoms with Crippen LogP contribution in [0.2, 0.25) is 0 Å². The first-order valence-electron chi connectivity index (χ1n) is 12.7. The molecule has 0 radical (unpaired) electrons. The number of rotatable bonds is 7. The number of amides is 1. The quantitative estimate of drug-likeness (QED) is 0.365. The Morgan fingerprint density at radius 2 is 1.89 bits per heavy atom. The van der Waals surface area contributed by atoms with E-state index in [4.69, 9.17) is 12.2 Å². The van der Waals surface area contributed by atoms with Gasteiger partial charge in [-0.3, -0.25) is 19.1 Å². The Balaban J connectivity index is 1.82. The smallest absolute Gasteiger partial charge is 0.270 e. The second-order valence-corrected chi connectivity index (χ2v) is 13.6. The van der Waals surface area contributed by atoms with Crippen molar-refractivity contribution in [3.8, 4) is 6.07 Å². The van der Waals surface area contributed by atoms with Crippen molar-refractivity contribution in [3.05, 3.63) is 31.9 Å².